The minimum atomic E-state index is -0.115. The van der Waals surface area contributed by atoms with Crippen LogP contribution in [0.4, 0.5) is 0 Å². The Bertz CT molecular complexity index is 239. The Morgan fingerprint density at radius 2 is 1.89 bits per heavy atom. The molecule has 1 aliphatic heterocycles. The SMILES string of the molecule is CC(C)N(CC1CCCN1)C1CCCCCC1O. The van der Waals surface area contributed by atoms with Gasteiger partial charge in [-0.25, -0.2) is 0 Å². The molecule has 1 aliphatic carbocycles. The summed E-state index contributed by atoms with van der Waals surface area (Å²) >= 11 is 0. The third-order valence-electron chi connectivity index (χ3n) is 4.63. The fraction of sp³-hybridized carbons (Fsp3) is 1.00. The van der Waals surface area contributed by atoms with Crippen LogP contribution in [-0.2, 0) is 0 Å². The van der Waals surface area contributed by atoms with E-state index in [1.54, 1.807) is 0 Å². The molecular formula is C15H30N2O. The van der Waals surface area contributed by atoms with Crippen molar-refractivity contribution in [3.05, 3.63) is 0 Å². The second-order valence-corrected chi connectivity index (χ2v) is 6.36. The minimum absolute atomic E-state index is 0.115. The molecule has 0 aromatic heterocycles. The van der Waals surface area contributed by atoms with Gasteiger partial charge in [0.15, 0.2) is 0 Å². The van der Waals surface area contributed by atoms with Crippen LogP contribution in [0.2, 0.25) is 0 Å². The van der Waals surface area contributed by atoms with Crippen molar-refractivity contribution in [1.82, 2.24) is 10.2 Å². The molecule has 3 nitrogen and oxygen atoms in total. The van der Waals surface area contributed by atoms with Crippen LogP contribution in [0.5, 0.6) is 0 Å². The number of nitrogens with one attached hydrogen (secondary N) is 1. The number of hydrogen-bond acceptors (Lipinski definition) is 3. The van der Waals surface area contributed by atoms with Crippen molar-refractivity contribution in [1.29, 1.82) is 0 Å². The average molecular weight is 254 g/mol. The summed E-state index contributed by atoms with van der Waals surface area (Å²) < 4.78 is 0. The lowest BCUT2D eigenvalue weighted by molar-refractivity contribution is 0.0228. The molecule has 1 heterocycles. The molecule has 0 aromatic rings. The highest BCUT2D eigenvalue weighted by Gasteiger charge is 2.31. The predicted molar refractivity (Wildman–Crippen MR) is 75.7 cm³/mol. The van der Waals surface area contributed by atoms with Crippen LogP contribution in [0.25, 0.3) is 0 Å². The van der Waals surface area contributed by atoms with Gasteiger partial charge in [0, 0.05) is 24.7 Å². The summed E-state index contributed by atoms with van der Waals surface area (Å²) in [5, 5.41) is 14.0. The second kappa shape index (κ2) is 6.88. The number of aliphatic hydroxyl groups excluding tert-OH is 1. The van der Waals surface area contributed by atoms with Gasteiger partial charge in [-0.15, -0.1) is 0 Å². The second-order valence-electron chi connectivity index (χ2n) is 6.36. The number of hydrogen-bond donors (Lipinski definition) is 2. The zero-order valence-corrected chi connectivity index (χ0v) is 12.1. The first-order valence-electron chi connectivity index (χ1n) is 7.85. The van der Waals surface area contributed by atoms with E-state index < -0.39 is 0 Å². The maximum absolute atomic E-state index is 10.4. The van der Waals surface area contributed by atoms with Crippen molar-refractivity contribution in [3.8, 4) is 0 Å². The van der Waals surface area contributed by atoms with Crippen LogP contribution in [0.3, 0.4) is 0 Å². The average Bonchev–Trinajstić information content (AvgIpc) is 2.75. The molecule has 3 heteroatoms. The highest BCUT2D eigenvalue weighted by atomic mass is 16.3. The fourth-order valence-electron chi connectivity index (χ4n) is 3.55. The lowest BCUT2D eigenvalue weighted by Crippen LogP contribution is -2.51. The first-order chi connectivity index (χ1) is 8.68. The highest BCUT2D eigenvalue weighted by molar-refractivity contribution is 4.87. The third kappa shape index (κ3) is 3.69. The normalized spacial score (nSPS) is 34.2. The molecule has 0 aromatic carbocycles. The quantitative estimate of drug-likeness (QED) is 0.755. The van der Waals surface area contributed by atoms with Crippen molar-refractivity contribution in [3.63, 3.8) is 0 Å². The summed E-state index contributed by atoms with van der Waals surface area (Å²) in [4.78, 5) is 2.55. The van der Waals surface area contributed by atoms with Gasteiger partial charge >= 0.3 is 0 Å². The van der Waals surface area contributed by atoms with Gasteiger partial charge in [-0.1, -0.05) is 19.3 Å². The molecule has 0 radical (unpaired) electrons. The van der Waals surface area contributed by atoms with Crippen molar-refractivity contribution >= 4 is 0 Å². The molecule has 0 bridgehead atoms. The molecule has 2 rings (SSSR count). The summed E-state index contributed by atoms with van der Waals surface area (Å²) in [5.74, 6) is 0. The summed E-state index contributed by atoms with van der Waals surface area (Å²) in [6, 6.07) is 1.56. The van der Waals surface area contributed by atoms with E-state index in [-0.39, 0.29) is 6.10 Å². The molecule has 3 atom stereocenters. The summed E-state index contributed by atoms with van der Waals surface area (Å²) in [6.45, 7) is 6.82. The molecule has 1 saturated carbocycles. The van der Waals surface area contributed by atoms with Crippen LogP contribution in [0.15, 0.2) is 0 Å². The van der Waals surface area contributed by atoms with Crippen molar-refractivity contribution in [2.75, 3.05) is 13.1 Å². The van der Waals surface area contributed by atoms with E-state index in [9.17, 15) is 5.11 Å². The standard InChI is InChI=1S/C15H30N2O/c1-12(2)17(11-13-7-6-10-16-13)14-8-4-3-5-9-15(14)18/h12-16,18H,3-11H2,1-2H3. The first kappa shape index (κ1) is 14.3. The topological polar surface area (TPSA) is 35.5 Å². The van der Waals surface area contributed by atoms with E-state index in [0.29, 0.717) is 18.1 Å². The van der Waals surface area contributed by atoms with Gasteiger partial charge in [-0.3, -0.25) is 4.90 Å². The maximum atomic E-state index is 10.4. The molecule has 0 amide bonds. The van der Waals surface area contributed by atoms with Gasteiger partial charge in [0.2, 0.25) is 0 Å². The third-order valence-corrected chi connectivity index (χ3v) is 4.63. The zero-order valence-electron chi connectivity index (χ0n) is 12.1. The molecule has 3 unspecified atom stereocenters. The van der Waals surface area contributed by atoms with Crippen molar-refractivity contribution in [2.24, 2.45) is 0 Å². The number of nitrogens with zero attached hydrogens (tertiary/aromatic N) is 1. The Labute approximate surface area is 112 Å². The van der Waals surface area contributed by atoms with E-state index in [1.165, 1.54) is 45.1 Å². The van der Waals surface area contributed by atoms with Crippen LogP contribution < -0.4 is 5.32 Å². The molecule has 18 heavy (non-hydrogen) atoms. The maximum Gasteiger partial charge on any atom is 0.0695 e. The van der Waals surface area contributed by atoms with E-state index in [1.807, 2.05) is 0 Å². The monoisotopic (exact) mass is 254 g/mol. The fourth-order valence-corrected chi connectivity index (χ4v) is 3.55. The van der Waals surface area contributed by atoms with Gasteiger partial charge in [-0.2, -0.15) is 0 Å². The molecule has 2 aliphatic rings. The molecule has 0 spiro atoms. The van der Waals surface area contributed by atoms with Gasteiger partial charge in [0.1, 0.15) is 0 Å². The Hall–Kier alpha value is -0.120. The predicted octanol–water partition coefficient (Wildman–Crippen LogP) is 2.14. The minimum Gasteiger partial charge on any atom is -0.391 e. The van der Waals surface area contributed by atoms with Gasteiger partial charge in [0.25, 0.3) is 0 Å². The van der Waals surface area contributed by atoms with Crippen molar-refractivity contribution < 1.29 is 5.11 Å². The Morgan fingerprint density at radius 3 is 2.56 bits per heavy atom. The van der Waals surface area contributed by atoms with E-state index in [4.69, 9.17) is 0 Å². The molecular weight excluding hydrogens is 224 g/mol. The van der Waals surface area contributed by atoms with Gasteiger partial charge < -0.3 is 10.4 Å². The lowest BCUT2D eigenvalue weighted by Gasteiger charge is -2.38. The van der Waals surface area contributed by atoms with Gasteiger partial charge in [0.05, 0.1) is 6.10 Å². The Balaban J connectivity index is 1.97. The summed E-state index contributed by atoms with van der Waals surface area (Å²) in [6.07, 6.45) is 8.43. The van der Waals surface area contributed by atoms with E-state index in [0.717, 1.165) is 13.0 Å². The highest BCUT2D eigenvalue weighted by Crippen LogP contribution is 2.25. The first-order valence-corrected chi connectivity index (χ1v) is 7.85. The molecule has 2 N–H and O–H groups in total. The Morgan fingerprint density at radius 1 is 1.11 bits per heavy atom. The zero-order chi connectivity index (χ0) is 13.0. The van der Waals surface area contributed by atoms with Crippen LogP contribution in [0, 0.1) is 0 Å². The smallest absolute Gasteiger partial charge is 0.0695 e. The lowest BCUT2D eigenvalue weighted by atomic mass is 10.0. The molecule has 1 saturated heterocycles. The van der Waals surface area contributed by atoms with Crippen LogP contribution >= 0.6 is 0 Å². The number of rotatable bonds is 4. The van der Waals surface area contributed by atoms with Crippen molar-refractivity contribution in [2.45, 2.75) is 83.0 Å². The van der Waals surface area contributed by atoms with E-state index in [2.05, 4.69) is 24.1 Å². The van der Waals surface area contributed by atoms with Crippen LogP contribution in [0.1, 0.15) is 58.8 Å². The number of aliphatic hydroxyl groups is 1. The Kier molecular flexibility index (Phi) is 5.46. The van der Waals surface area contributed by atoms with Crippen LogP contribution in [-0.4, -0.2) is 47.3 Å². The summed E-state index contributed by atoms with van der Waals surface area (Å²) in [5.41, 5.74) is 0. The molecule has 106 valence electrons. The molecule has 2 fully saturated rings. The summed E-state index contributed by atoms with van der Waals surface area (Å²) in [7, 11) is 0. The largest absolute Gasteiger partial charge is 0.391 e. The van der Waals surface area contributed by atoms with E-state index >= 15 is 0 Å². The van der Waals surface area contributed by atoms with Gasteiger partial charge in [-0.05, 0) is 46.1 Å².